The molecule has 2 amide bonds. The fourth-order valence-electron chi connectivity index (χ4n) is 4.70. The predicted molar refractivity (Wildman–Crippen MR) is 123 cm³/mol. The molecule has 0 aliphatic carbocycles. The summed E-state index contributed by atoms with van der Waals surface area (Å²) in [6, 6.07) is 3.65. The molecule has 2 aliphatic rings. The Hall–Kier alpha value is -3.20. The summed E-state index contributed by atoms with van der Waals surface area (Å²) in [5, 5.41) is 6.47. The van der Waals surface area contributed by atoms with Gasteiger partial charge in [-0.3, -0.25) is 0 Å². The zero-order chi connectivity index (χ0) is 23.2. The molecular formula is C24H28FN5O3. The average molecular weight is 454 g/mol. The van der Waals surface area contributed by atoms with Gasteiger partial charge < -0.3 is 24.7 Å². The normalized spacial score (nSPS) is 18.0. The maximum absolute atomic E-state index is 13.7. The van der Waals surface area contributed by atoms with Gasteiger partial charge >= 0.3 is 6.03 Å². The van der Waals surface area contributed by atoms with E-state index >= 15 is 0 Å². The number of urea groups is 1. The van der Waals surface area contributed by atoms with E-state index in [9.17, 15) is 9.18 Å². The molecule has 2 fully saturated rings. The van der Waals surface area contributed by atoms with Crippen LogP contribution in [0.3, 0.4) is 0 Å². The number of nitrogens with zero attached hydrogens (tertiary/aromatic N) is 3. The monoisotopic (exact) mass is 453 g/mol. The number of ether oxygens (including phenoxy) is 1. The van der Waals surface area contributed by atoms with Crippen molar-refractivity contribution < 1.29 is 18.3 Å². The molecule has 33 heavy (non-hydrogen) atoms. The maximum atomic E-state index is 13.7. The number of fused-ring (bicyclic) bond motifs is 1. The van der Waals surface area contributed by atoms with Gasteiger partial charge in [-0.1, -0.05) is 13.8 Å². The Morgan fingerprint density at radius 3 is 2.67 bits per heavy atom. The van der Waals surface area contributed by atoms with Crippen molar-refractivity contribution in [1.82, 2.24) is 15.3 Å². The highest BCUT2D eigenvalue weighted by Crippen LogP contribution is 2.36. The standard InChI is InChI=1S/C24H28FN5O3/c1-14(2)20(21-15(3)18-9-16(25)5-6-19(18)33-21)29-23(31)28-17-10-26-22(27-11-17)30-12-24(13-30)7-4-8-32-24/h5-6,9-11,14,20H,4,7-8,12-13H2,1-3H3,(H2,28,29,31)/t20-/m1/s1. The molecule has 2 N–H and O–H groups in total. The Morgan fingerprint density at radius 1 is 1.24 bits per heavy atom. The van der Waals surface area contributed by atoms with Crippen LogP contribution in [0.2, 0.25) is 0 Å². The van der Waals surface area contributed by atoms with E-state index in [4.69, 9.17) is 9.15 Å². The van der Waals surface area contributed by atoms with Crippen LogP contribution in [0.15, 0.2) is 35.0 Å². The minimum atomic E-state index is -0.390. The van der Waals surface area contributed by atoms with Crippen LogP contribution in [-0.4, -0.2) is 41.3 Å². The molecule has 4 heterocycles. The Morgan fingerprint density at radius 2 is 2.00 bits per heavy atom. The first-order chi connectivity index (χ1) is 15.8. The van der Waals surface area contributed by atoms with E-state index in [-0.39, 0.29) is 23.4 Å². The van der Waals surface area contributed by atoms with Gasteiger partial charge in [-0.25, -0.2) is 19.2 Å². The van der Waals surface area contributed by atoms with Crippen molar-refractivity contribution in [3.8, 4) is 0 Å². The van der Waals surface area contributed by atoms with Crippen molar-refractivity contribution in [3.63, 3.8) is 0 Å². The van der Waals surface area contributed by atoms with Gasteiger partial charge in [-0.2, -0.15) is 0 Å². The number of nitrogens with one attached hydrogen (secondary N) is 2. The first-order valence-electron chi connectivity index (χ1n) is 11.3. The molecule has 0 saturated carbocycles. The van der Waals surface area contributed by atoms with Crippen molar-refractivity contribution in [2.75, 3.05) is 29.9 Å². The summed E-state index contributed by atoms with van der Waals surface area (Å²) < 4.78 is 25.5. The number of amides is 2. The van der Waals surface area contributed by atoms with E-state index in [1.54, 1.807) is 18.5 Å². The Bertz CT molecular complexity index is 1160. The third-order valence-corrected chi connectivity index (χ3v) is 6.49. The maximum Gasteiger partial charge on any atom is 0.319 e. The van der Waals surface area contributed by atoms with E-state index in [0.29, 0.717) is 28.4 Å². The number of rotatable bonds is 5. The van der Waals surface area contributed by atoms with Crippen LogP contribution in [0, 0.1) is 18.7 Å². The van der Waals surface area contributed by atoms with Gasteiger partial charge in [0.05, 0.1) is 37.2 Å². The average Bonchev–Trinajstić information content (AvgIpc) is 3.37. The quantitative estimate of drug-likeness (QED) is 0.589. The molecule has 0 unspecified atom stereocenters. The largest absolute Gasteiger partial charge is 0.459 e. The number of carbonyl (C=O) groups is 1. The number of hydrogen-bond donors (Lipinski definition) is 2. The Kier molecular flexibility index (Phi) is 5.44. The molecule has 3 aromatic rings. The van der Waals surface area contributed by atoms with Crippen molar-refractivity contribution in [2.24, 2.45) is 5.92 Å². The lowest BCUT2D eigenvalue weighted by Gasteiger charge is -2.46. The Labute approximate surface area is 191 Å². The van der Waals surface area contributed by atoms with Crippen LogP contribution in [-0.2, 0) is 4.74 Å². The number of benzene rings is 1. The molecular weight excluding hydrogens is 425 g/mol. The highest BCUT2D eigenvalue weighted by Gasteiger charge is 2.47. The van der Waals surface area contributed by atoms with Crippen LogP contribution in [0.25, 0.3) is 11.0 Å². The van der Waals surface area contributed by atoms with Gasteiger partial charge in [0.15, 0.2) is 0 Å². The summed E-state index contributed by atoms with van der Waals surface area (Å²) in [5.41, 5.74) is 1.88. The molecule has 2 aliphatic heterocycles. The molecule has 0 bridgehead atoms. The van der Waals surface area contributed by atoms with Gasteiger partial charge in [0, 0.05) is 17.6 Å². The lowest BCUT2D eigenvalue weighted by Crippen LogP contribution is -2.62. The molecule has 0 radical (unpaired) electrons. The van der Waals surface area contributed by atoms with Crippen molar-refractivity contribution in [3.05, 3.63) is 47.7 Å². The van der Waals surface area contributed by atoms with Gasteiger partial charge in [-0.05, 0) is 43.9 Å². The van der Waals surface area contributed by atoms with Crippen molar-refractivity contribution in [1.29, 1.82) is 0 Å². The zero-order valence-electron chi connectivity index (χ0n) is 19.0. The highest BCUT2D eigenvalue weighted by molar-refractivity contribution is 5.89. The lowest BCUT2D eigenvalue weighted by atomic mass is 9.91. The molecule has 1 spiro atoms. The lowest BCUT2D eigenvalue weighted by molar-refractivity contribution is -0.0188. The smallest absolute Gasteiger partial charge is 0.319 e. The summed E-state index contributed by atoms with van der Waals surface area (Å²) in [5.74, 6) is 0.979. The number of aryl methyl sites for hydroxylation is 1. The molecule has 1 aromatic carbocycles. The van der Waals surface area contributed by atoms with Crippen molar-refractivity contribution >= 4 is 28.6 Å². The summed E-state index contributed by atoms with van der Waals surface area (Å²) in [7, 11) is 0. The predicted octanol–water partition coefficient (Wildman–Crippen LogP) is 4.56. The van der Waals surface area contributed by atoms with E-state index in [0.717, 1.165) is 38.1 Å². The van der Waals surface area contributed by atoms with E-state index in [1.807, 2.05) is 20.8 Å². The first-order valence-corrected chi connectivity index (χ1v) is 11.3. The number of carbonyl (C=O) groups excluding carboxylic acids is 1. The fourth-order valence-corrected chi connectivity index (χ4v) is 4.70. The van der Waals surface area contributed by atoms with Gasteiger partial charge in [0.1, 0.15) is 22.8 Å². The number of hydrogen-bond acceptors (Lipinski definition) is 6. The highest BCUT2D eigenvalue weighted by atomic mass is 19.1. The summed E-state index contributed by atoms with van der Waals surface area (Å²) >= 11 is 0. The zero-order valence-corrected chi connectivity index (χ0v) is 19.0. The summed E-state index contributed by atoms with van der Waals surface area (Å²) in [6.45, 7) is 8.29. The molecule has 9 heteroatoms. The number of halogens is 1. The third-order valence-electron chi connectivity index (χ3n) is 6.49. The molecule has 8 nitrogen and oxygen atoms in total. The topological polar surface area (TPSA) is 92.5 Å². The minimum Gasteiger partial charge on any atom is -0.459 e. The van der Waals surface area contributed by atoms with E-state index in [2.05, 4.69) is 25.5 Å². The fraction of sp³-hybridized carbons (Fsp3) is 0.458. The molecule has 2 aromatic heterocycles. The molecule has 174 valence electrons. The molecule has 1 atom stereocenters. The molecule has 5 rings (SSSR count). The van der Waals surface area contributed by atoms with Crippen LogP contribution in [0.5, 0.6) is 0 Å². The van der Waals surface area contributed by atoms with Crippen LogP contribution >= 0.6 is 0 Å². The third kappa shape index (κ3) is 4.13. The van der Waals surface area contributed by atoms with E-state index in [1.165, 1.54) is 12.1 Å². The SMILES string of the molecule is Cc1c([C@H](NC(=O)Nc2cnc(N3CC4(CCCO4)C3)nc2)C(C)C)oc2ccc(F)cc12. The van der Waals surface area contributed by atoms with Crippen LogP contribution in [0.1, 0.15) is 44.1 Å². The molecule has 2 saturated heterocycles. The van der Waals surface area contributed by atoms with E-state index < -0.39 is 6.03 Å². The summed E-state index contributed by atoms with van der Waals surface area (Å²) in [4.78, 5) is 23.6. The van der Waals surface area contributed by atoms with Crippen LogP contribution in [0.4, 0.5) is 20.8 Å². The first kappa shape index (κ1) is 21.6. The van der Waals surface area contributed by atoms with Gasteiger partial charge in [-0.15, -0.1) is 0 Å². The number of aromatic nitrogens is 2. The second kappa shape index (κ2) is 8.30. The second-order valence-electron chi connectivity index (χ2n) is 9.31. The number of furan rings is 1. The van der Waals surface area contributed by atoms with Gasteiger partial charge in [0.25, 0.3) is 0 Å². The summed E-state index contributed by atoms with van der Waals surface area (Å²) in [6.07, 6.45) is 5.39. The van der Waals surface area contributed by atoms with Crippen molar-refractivity contribution in [2.45, 2.75) is 45.3 Å². The minimum absolute atomic E-state index is 0.0213. The second-order valence-corrected chi connectivity index (χ2v) is 9.31. The van der Waals surface area contributed by atoms with Gasteiger partial charge in [0.2, 0.25) is 5.95 Å². The Balaban J connectivity index is 1.24. The number of anilines is 2. The van der Waals surface area contributed by atoms with Crippen LogP contribution < -0.4 is 15.5 Å².